The van der Waals surface area contributed by atoms with Crippen LogP contribution in [0.5, 0.6) is 0 Å². The number of hydrogen-bond donors (Lipinski definition) is 0. The van der Waals surface area contributed by atoms with Crippen molar-refractivity contribution < 1.29 is 0 Å². The van der Waals surface area contributed by atoms with Crippen LogP contribution in [-0.4, -0.2) is 4.57 Å². The van der Waals surface area contributed by atoms with Gasteiger partial charge in [-0.25, -0.2) is 0 Å². The van der Waals surface area contributed by atoms with E-state index in [0.29, 0.717) is 0 Å². The average Bonchev–Trinajstić information content (AvgIpc) is 3.78. The molecule has 66 heavy (non-hydrogen) atoms. The van der Waals surface area contributed by atoms with Crippen molar-refractivity contribution in [3.63, 3.8) is 0 Å². The number of fused-ring (bicyclic) bond motifs is 9. The number of allylic oxidation sites excluding steroid dienone is 2. The maximum Gasteiger partial charge on any atom is 0.0713 e. The van der Waals surface area contributed by atoms with Gasteiger partial charge in [-0.1, -0.05) is 206 Å². The first-order valence-corrected chi connectivity index (χ1v) is 23.0. The minimum Gasteiger partial charge on any atom is -0.313 e. The topological polar surface area (TPSA) is 8.17 Å². The molecule has 0 radical (unpaired) electrons. The minimum absolute atomic E-state index is 0.455. The van der Waals surface area contributed by atoms with Gasteiger partial charge in [-0.05, 0) is 109 Å². The van der Waals surface area contributed by atoms with Gasteiger partial charge in [-0.2, -0.15) is 0 Å². The molecule has 0 amide bonds. The summed E-state index contributed by atoms with van der Waals surface area (Å²) in [6, 6.07) is 87.0. The van der Waals surface area contributed by atoms with Gasteiger partial charge in [0.05, 0.1) is 22.0 Å². The lowest BCUT2D eigenvalue weighted by Gasteiger charge is -2.34. The number of rotatable bonds is 7. The van der Waals surface area contributed by atoms with E-state index in [1.165, 1.54) is 93.2 Å². The molecular formula is C64H44N2. The van der Waals surface area contributed by atoms with E-state index < -0.39 is 5.41 Å². The third-order valence-electron chi connectivity index (χ3n) is 14.1. The average molecular weight is 841 g/mol. The Kier molecular flexibility index (Phi) is 8.86. The Balaban J connectivity index is 1.00. The first kappa shape index (κ1) is 38.0. The lowest BCUT2D eigenvalue weighted by molar-refractivity contribution is 0.768. The second-order valence-corrected chi connectivity index (χ2v) is 17.5. The fourth-order valence-corrected chi connectivity index (χ4v) is 11.3. The van der Waals surface area contributed by atoms with Crippen molar-refractivity contribution in [1.82, 2.24) is 4.57 Å². The summed E-state index contributed by atoms with van der Waals surface area (Å²) in [5.41, 5.74) is 15.6. The van der Waals surface area contributed by atoms with Gasteiger partial charge in [0.1, 0.15) is 0 Å². The van der Waals surface area contributed by atoms with E-state index in [9.17, 15) is 0 Å². The Morgan fingerprint density at radius 2 is 1.05 bits per heavy atom. The SMILES string of the molecule is C1=C(N(c2ccc(-c3cccc4c3-c3ccccc3C4(c3ccccc3)c3ccccc3)cc2)c2cccc3c2ccc2ccccc23)CC=c2c(n(-c3ccccc3)c3ccccc23)=C1. The number of nitrogens with zero attached hydrogens (tertiary/aromatic N) is 2. The normalized spacial score (nSPS) is 13.5. The number of hydrogen-bond acceptors (Lipinski definition) is 1. The molecule has 0 fully saturated rings. The molecule has 2 aliphatic rings. The molecule has 0 aliphatic heterocycles. The molecule has 2 heteroatoms. The second kappa shape index (κ2) is 15.4. The zero-order chi connectivity index (χ0) is 43.6. The lowest BCUT2D eigenvalue weighted by Crippen LogP contribution is -2.28. The van der Waals surface area contributed by atoms with Crippen LogP contribution in [-0.2, 0) is 5.41 Å². The van der Waals surface area contributed by atoms with Crippen LogP contribution in [0.4, 0.5) is 11.4 Å². The summed E-state index contributed by atoms with van der Waals surface area (Å²) >= 11 is 0. The van der Waals surface area contributed by atoms with E-state index in [4.69, 9.17) is 0 Å². The number of para-hydroxylation sites is 2. The summed E-state index contributed by atoms with van der Waals surface area (Å²) < 4.78 is 2.41. The van der Waals surface area contributed by atoms with E-state index in [1.54, 1.807) is 0 Å². The summed E-state index contributed by atoms with van der Waals surface area (Å²) in [6.07, 6.45) is 7.87. The molecule has 1 heterocycles. The van der Waals surface area contributed by atoms with Gasteiger partial charge in [0, 0.05) is 39.5 Å². The van der Waals surface area contributed by atoms with Gasteiger partial charge >= 0.3 is 0 Å². The van der Waals surface area contributed by atoms with Crippen molar-refractivity contribution in [3.05, 3.63) is 281 Å². The second-order valence-electron chi connectivity index (χ2n) is 17.5. The molecule has 13 rings (SSSR count). The highest BCUT2D eigenvalue weighted by Crippen LogP contribution is 2.58. The van der Waals surface area contributed by atoms with Crippen LogP contribution in [0, 0.1) is 0 Å². The van der Waals surface area contributed by atoms with Crippen LogP contribution < -0.4 is 15.5 Å². The van der Waals surface area contributed by atoms with E-state index in [2.05, 4.69) is 264 Å². The van der Waals surface area contributed by atoms with Gasteiger partial charge in [0.2, 0.25) is 0 Å². The van der Waals surface area contributed by atoms with Crippen LogP contribution >= 0.6 is 0 Å². The quantitative estimate of drug-likeness (QED) is 0.145. The van der Waals surface area contributed by atoms with Crippen molar-refractivity contribution in [1.29, 1.82) is 0 Å². The van der Waals surface area contributed by atoms with Gasteiger partial charge in [0.25, 0.3) is 0 Å². The summed E-state index contributed by atoms with van der Waals surface area (Å²) in [4.78, 5) is 2.50. The maximum absolute atomic E-state index is 2.50. The fourth-order valence-electron chi connectivity index (χ4n) is 11.3. The van der Waals surface area contributed by atoms with Crippen molar-refractivity contribution in [2.45, 2.75) is 11.8 Å². The van der Waals surface area contributed by atoms with Gasteiger partial charge in [-0.15, -0.1) is 0 Å². The standard InChI is InChI=1S/C64H44N2/c1-4-19-46(20-5-1)64(47-21-6-2-7-22-47)58-30-14-12-27-57(58)63-52(28-16-31-59(63)64)45-34-37-49(38-35-45)65(60-33-17-29-53-51-25-11-10-18-44(51)36-41-55(53)60)50-39-42-56-54-26-13-15-32-61(54)66(62(56)43-40-50)48-23-8-3-9-24-48/h1-38,40-43H,39H2. The molecule has 11 aromatic rings. The molecule has 0 atom stereocenters. The summed E-state index contributed by atoms with van der Waals surface area (Å²) in [6.45, 7) is 0. The van der Waals surface area contributed by atoms with Gasteiger partial charge in [0.15, 0.2) is 0 Å². The number of aromatic nitrogens is 1. The van der Waals surface area contributed by atoms with E-state index in [0.717, 1.165) is 23.5 Å². The molecular weight excluding hydrogens is 797 g/mol. The first-order valence-electron chi connectivity index (χ1n) is 23.0. The largest absolute Gasteiger partial charge is 0.313 e. The smallest absolute Gasteiger partial charge is 0.0713 e. The Hall–Kier alpha value is -8.46. The minimum atomic E-state index is -0.455. The highest BCUT2D eigenvalue weighted by atomic mass is 15.1. The monoisotopic (exact) mass is 840 g/mol. The molecule has 1 aromatic heterocycles. The zero-order valence-corrected chi connectivity index (χ0v) is 36.4. The van der Waals surface area contributed by atoms with Crippen LogP contribution in [0.2, 0.25) is 0 Å². The first-order chi connectivity index (χ1) is 32.8. The molecule has 2 aliphatic carbocycles. The van der Waals surface area contributed by atoms with Crippen LogP contribution in [0.15, 0.2) is 248 Å². The Bertz CT molecular complexity index is 3780. The molecule has 0 unspecified atom stereocenters. The third kappa shape index (κ3) is 5.75. The summed E-state index contributed by atoms with van der Waals surface area (Å²) in [5, 5.41) is 8.69. The molecule has 0 saturated heterocycles. The molecule has 0 bridgehead atoms. The molecule has 0 saturated carbocycles. The van der Waals surface area contributed by atoms with Gasteiger partial charge in [-0.3, -0.25) is 0 Å². The lowest BCUT2D eigenvalue weighted by atomic mass is 9.67. The van der Waals surface area contributed by atoms with Crippen LogP contribution in [0.25, 0.3) is 72.5 Å². The molecule has 0 spiro atoms. The third-order valence-corrected chi connectivity index (χ3v) is 14.1. The van der Waals surface area contributed by atoms with Crippen molar-refractivity contribution in [2.24, 2.45) is 0 Å². The Labute approximate surface area is 384 Å². The van der Waals surface area contributed by atoms with E-state index in [1.807, 2.05) is 0 Å². The van der Waals surface area contributed by atoms with Crippen LogP contribution in [0.3, 0.4) is 0 Å². The molecule has 2 nitrogen and oxygen atoms in total. The number of anilines is 2. The fraction of sp³-hybridized carbons (Fsp3) is 0.0312. The molecule has 10 aromatic carbocycles. The predicted molar refractivity (Wildman–Crippen MR) is 277 cm³/mol. The van der Waals surface area contributed by atoms with Gasteiger partial charge < -0.3 is 9.47 Å². The molecule has 310 valence electrons. The Morgan fingerprint density at radius 3 is 1.83 bits per heavy atom. The Morgan fingerprint density at radius 1 is 0.424 bits per heavy atom. The predicted octanol–water partition coefficient (Wildman–Crippen LogP) is 14.7. The van der Waals surface area contributed by atoms with Crippen molar-refractivity contribution in [3.8, 4) is 27.9 Å². The maximum atomic E-state index is 2.50. The van der Waals surface area contributed by atoms with E-state index in [-0.39, 0.29) is 0 Å². The molecule has 0 N–H and O–H groups in total. The van der Waals surface area contributed by atoms with Crippen molar-refractivity contribution >= 4 is 56.0 Å². The van der Waals surface area contributed by atoms with Crippen molar-refractivity contribution in [2.75, 3.05) is 4.90 Å². The number of benzene rings is 10. The highest BCUT2D eigenvalue weighted by Gasteiger charge is 2.46. The summed E-state index contributed by atoms with van der Waals surface area (Å²) in [7, 11) is 0. The highest BCUT2D eigenvalue weighted by molar-refractivity contribution is 6.12. The zero-order valence-electron chi connectivity index (χ0n) is 36.4. The van der Waals surface area contributed by atoms with E-state index >= 15 is 0 Å². The van der Waals surface area contributed by atoms with Crippen LogP contribution in [0.1, 0.15) is 28.7 Å². The summed E-state index contributed by atoms with van der Waals surface area (Å²) in [5.74, 6) is 0.